The SMILES string of the molecule is Cl.O=C(NCC1CCCN(C(=O)Cc2ccccc2)C1)C1CCCN1. The second-order valence-electron chi connectivity index (χ2n) is 6.90. The van der Waals surface area contributed by atoms with Crippen LogP contribution in [0.25, 0.3) is 0 Å². The van der Waals surface area contributed by atoms with Crippen molar-refractivity contribution in [3.63, 3.8) is 0 Å². The molecule has 3 rings (SSSR count). The van der Waals surface area contributed by atoms with Crippen molar-refractivity contribution < 1.29 is 9.59 Å². The van der Waals surface area contributed by atoms with E-state index in [1.807, 2.05) is 35.2 Å². The fourth-order valence-corrected chi connectivity index (χ4v) is 3.62. The first-order valence-electron chi connectivity index (χ1n) is 9.05. The molecule has 0 spiro atoms. The van der Waals surface area contributed by atoms with Gasteiger partial charge in [-0.15, -0.1) is 12.4 Å². The Morgan fingerprint density at radius 1 is 1.16 bits per heavy atom. The highest BCUT2D eigenvalue weighted by Crippen LogP contribution is 2.17. The maximum atomic E-state index is 12.5. The molecule has 2 unspecified atom stereocenters. The lowest BCUT2D eigenvalue weighted by atomic mass is 9.97. The van der Waals surface area contributed by atoms with E-state index < -0.39 is 0 Å². The summed E-state index contributed by atoms with van der Waals surface area (Å²) in [6.45, 7) is 3.19. The lowest BCUT2D eigenvalue weighted by molar-refractivity contribution is -0.132. The second kappa shape index (κ2) is 9.78. The number of carbonyl (C=O) groups is 2. The molecule has 2 amide bonds. The first kappa shape index (κ1) is 19.7. The van der Waals surface area contributed by atoms with Gasteiger partial charge in [-0.25, -0.2) is 0 Å². The first-order valence-corrected chi connectivity index (χ1v) is 9.05. The Kier molecular flexibility index (Phi) is 7.72. The van der Waals surface area contributed by atoms with Gasteiger partial charge in [-0.1, -0.05) is 30.3 Å². The van der Waals surface area contributed by atoms with Crippen molar-refractivity contribution in [1.82, 2.24) is 15.5 Å². The van der Waals surface area contributed by atoms with Gasteiger partial charge in [0.1, 0.15) is 0 Å². The van der Waals surface area contributed by atoms with Gasteiger partial charge >= 0.3 is 0 Å². The number of hydrogen-bond donors (Lipinski definition) is 2. The van der Waals surface area contributed by atoms with E-state index in [1.54, 1.807) is 0 Å². The molecule has 6 heteroatoms. The zero-order chi connectivity index (χ0) is 16.8. The van der Waals surface area contributed by atoms with Crippen LogP contribution >= 0.6 is 12.4 Å². The minimum atomic E-state index is -0.0237. The molecule has 0 aromatic heterocycles. The maximum absolute atomic E-state index is 12.5. The third-order valence-electron chi connectivity index (χ3n) is 5.01. The fourth-order valence-electron chi connectivity index (χ4n) is 3.62. The van der Waals surface area contributed by atoms with Crippen LogP contribution in [0.15, 0.2) is 30.3 Å². The Hall–Kier alpha value is -1.59. The van der Waals surface area contributed by atoms with Crippen LogP contribution in [0, 0.1) is 5.92 Å². The van der Waals surface area contributed by atoms with Gasteiger partial charge in [-0.3, -0.25) is 9.59 Å². The van der Waals surface area contributed by atoms with Crippen LogP contribution in [-0.4, -0.2) is 48.9 Å². The molecule has 2 heterocycles. The zero-order valence-electron chi connectivity index (χ0n) is 14.6. The van der Waals surface area contributed by atoms with Gasteiger partial charge < -0.3 is 15.5 Å². The van der Waals surface area contributed by atoms with E-state index >= 15 is 0 Å². The molecular formula is C19H28ClN3O2. The predicted octanol–water partition coefficient (Wildman–Crippen LogP) is 1.76. The number of nitrogens with one attached hydrogen (secondary N) is 2. The summed E-state index contributed by atoms with van der Waals surface area (Å²) in [5.74, 6) is 0.666. The Morgan fingerprint density at radius 2 is 1.96 bits per heavy atom. The molecule has 138 valence electrons. The number of likely N-dealkylation sites (tertiary alicyclic amines) is 1. The Balaban J connectivity index is 0.00000225. The third kappa shape index (κ3) is 5.72. The van der Waals surface area contributed by atoms with Crippen molar-refractivity contribution in [1.29, 1.82) is 0 Å². The minimum Gasteiger partial charge on any atom is -0.354 e. The summed E-state index contributed by atoms with van der Waals surface area (Å²) in [5.41, 5.74) is 1.06. The standard InChI is InChI=1S/C19H27N3O2.ClH/c23-18(12-15-6-2-1-3-7-15)22-11-5-8-16(14-22)13-21-19(24)17-9-4-10-20-17;/h1-3,6-7,16-17,20H,4-5,8-14H2,(H,21,24);1H. The molecule has 1 aromatic carbocycles. The quantitative estimate of drug-likeness (QED) is 0.835. The molecule has 0 aliphatic carbocycles. The molecule has 2 N–H and O–H groups in total. The molecule has 0 bridgehead atoms. The smallest absolute Gasteiger partial charge is 0.237 e. The van der Waals surface area contributed by atoms with Crippen molar-refractivity contribution in [2.75, 3.05) is 26.2 Å². The summed E-state index contributed by atoms with van der Waals surface area (Å²) in [6, 6.07) is 9.86. The van der Waals surface area contributed by atoms with Crippen LogP contribution in [0.1, 0.15) is 31.2 Å². The summed E-state index contributed by atoms with van der Waals surface area (Å²) in [6.07, 6.45) is 4.56. The Bertz CT molecular complexity index is 561. The number of halogens is 1. The van der Waals surface area contributed by atoms with Gasteiger partial charge in [0.15, 0.2) is 0 Å². The van der Waals surface area contributed by atoms with E-state index in [-0.39, 0.29) is 30.3 Å². The van der Waals surface area contributed by atoms with Crippen LogP contribution in [0.5, 0.6) is 0 Å². The van der Waals surface area contributed by atoms with E-state index in [1.165, 1.54) is 0 Å². The van der Waals surface area contributed by atoms with Gasteiger partial charge in [-0.05, 0) is 43.7 Å². The normalized spacial score (nSPS) is 23.0. The van der Waals surface area contributed by atoms with Crippen LogP contribution in [-0.2, 0) is 16.0 Å². The Labute approximate surface area is 155 Å². The van der Waals surface area contributed by atoms with Crippen molar-refractivity contribution in [2.24, 2.45) is 5.92 Å². The van der Waals surface area contributed by atoms with Gasteiger partial charge in [0.25, 0.3) is 0 Å². The van der Waals surface area contributed by atoms with Crippen molar-refractivity contribution in [3.8, 4) is 0 Å². The number of amides is 2. The first-order chi connectivity index (χ1) is 11.7. The average Bonchev–Trinajstić information content (AvgIpc) is 3.15. The van der Waals surface area contributed by atoms with Crippen molar-refractivity contribution in [3.05, 3.63) is 35.9 Å². The molecule has 0 radical (unpaired) electrons. The zero-order valence-corrected chi connectivity index (χ0v) is 15.4. The lowest BCUT2D eigenvalue weighted by Gasteiger charge is -2.33. The largest absolute Gasteiger partial charge is 0.354 e. The van der Waals surface area contributed by atoms with E-state index in [0.717, 1.165) is 50.9 Å². The topological polar surface area (TPSA) is 61.4 Å². The summed E-state index contributed by atoms with van der Waals surface area (Å²) in [4.78, 5) is 26.5. The van der Waals surface area contributed by atoms with Crippen LogP contribution < -0.4 is 10.6 Å². The molecule has 5 nitrogen and oxygen atoms in total. The molecule has 2 aliphatic rings. The molecule has 0 saturated carbocycles. The number of rotatable bonds is 5. The van der Waals surface area contributed by atoms with Crippen LogP contribution in [0.3, 0.4) is 0 Å². The summed E-state index contributed by atoms with van der Waals surface area (Å²) in [5, 5.41) is 6.29. The summed E-state index contributed by atoms with van der Waals surface area (Å²) < 4.78 is 0. The molecule has 25 heavy (non-hydrogen) atoms. The van der Waals surface area contributed by atoms with E-state index in [0.29, 0.717) is 18.9 Å². The lowest BCUT2D eigenvalue weighted by Crippen LogP contribution is -2.47. The second-order valence-corrected chi connectivity index (χ2v) is 6.90. The van der Waals surface area contributed by atoms with Crippen LogP contribution in [0.2, 0.25) is 0 Å². The highest BCUT2D eigenvalue weighted by Gasteiger charge is 2.26. The molecule has 1 aromatic rings. The molecule has 2 aliphatic heterocycles. The summed E-state index contributed by atoms with van der Waals surface area (Å²) >= 11 is 0. The minimum absolute atomic E-state index is 0. The third-order valence-corrected chi connectivity index (χ3v) is 5.01. The molecular weight excluding hydrogens is 338 g/mol. The van der Waals surface area contributed by atoms with E-state index in [4.69, 9.17) is 0 Å². The maximum Gasteiger partial charge on any atom is 0.237 e. The molecule has 2 saturated heterocycles. The Morgan fingerprint density at radius 3 is 2.68 bits per heavy atom. The molecule has 2 atom stereocenters. The monoisotopic (exact) mass is 365 g/mol. The van der Waals surface area contributed by atoms with Crippen LogP contribution in [0.4, 0.5) is 0 Å². The molecule has 2 fully saturated rings. The number of nitrogens with zero attached hydrogens (tertiary/aromatic N) is 1. The number of benzene rings is 1. The number of carbonyl (C=O) groups excluding carboxylic acids is 2. The average molecular weight is 366 g/mol. The van der Waals surface area contributed by atoms with Gasteiger partial charge in [0.2, 0.25) is 11.8 Å². The highest BCUT2D eigenvalue weighted by atomic mass is 35.5. The van der Waals surface area contributed by atoms with Gasteiger partial charge in [0.05, 0.1) is 12.5 Å². The predicted molar refractivity (Wildman–Crippen MR) is 101 cm³/mol. The highest BCUT2D eigenvalue weighted by molar-refractivity contribution is 5.85. The number of piperidine rings is 1. The fraction of sp³-hybridized carbons (Fsp3) is 0.579. The van der Waals surface area contributed by atoms with Crippen molar-refractivity contribution in [2.45, 2.75) is 38.1 Å². The van der Waals surface area contributed by atoms with Crippen molar-refractivity contribution >= 4 is 24.2 Å². The van der Waals surface area contributed by atoms with E-state index in [2.05, 4.69) is 10.6 Å². The number of hydrogen-bond acceptors (Lipinski definition) is 3. The van der Waals surface area contributed by atoms with Gasteiger partial charge in [-0.2, -0.15) is 0 Å². The van der Waals surface area contributed by atoms with E-state index in [9.17, 15) is 9.59 Å². The summed E-state index contributed by atoms with van der Waals surface area (Å²) in [7, 11) is 0. The van der Waals surface area contributed by atoms with Gasteiger partial charge in [0, 0.05) is 19.6 Å².